The van der Waals surface area contributed by atoms with E-state index in [1.165, 1.54) is 94.3 Å². The molecule has 6 rings (SSSR count). The van der Waals surface area contributed by atoms with E-state index in [0.717, 1.165) is 24.3 Å². The molecule has 0 saturated heterocycles. The highest BCUT2D eigenvalue weighted by atomic mass is 32.2. The summed E-state index contributed by atoms with van der Waals surface area (Å²) >= 11 is 5.67. The second-order valence-corrected chi connectivity index (χ2v) is 13.6. The number of benzene rings is 5. The van der Waals surface area contributed by atoms with Crippen molar-refractivity contribution in [1.82, 2.24) is 19.8 Å². The smallest absolute Gasteiger partial charge is 0.187 e. The average molecular weight is 922 g/mol. The highest BCUT2D eigenvalue weighted by molar-refractivity contribution is 8.07. The number of nitrogens with zero attached hydrogens (tertiary/aromatic N) is 6. The van der Waals surface area contributed by atoms with Crippen LogP contribution < -0.4 is 5.73 Å². The Morgan fingerprint density at radius 1 is 0.698 bits per heavy atom. The highest BCUT2D eigenvalue weighted by Crippen LogP contribution is 2.27. The molecule has 0 aliphatic rings. The molecule has 0 saturated carbocycles. The molecule has 2 N–H and O–H groups in total. The van der Waals surface area contributed by atoms with Gasteiger partial charge in [0.2, 0.25) is 0 Å². The molecule has 63 heavy (non-hydrogen) atoms. The van der Waals surface area contributed by atoms with Gasteiger partial charge in [0.05, 0.1) is 28.0 Å². The lowest BCUT2D eigenvalue weighted by Crippen LogP contribution is -2.13. The highest BCUT2D eigenvalue weighted by Gasteiger charge is 2.16. The zero-order valence-electron chi connectivity index (χ0n) is 33.7. The third-order valence-corrected chi connectivity index (χ3v) is 8.51. The second-order valence-electron chi connectivity index (χ2n) is 12.2. The van der Waals surface area contributed by atoms with Gasteiger partial charge >= 0.3 is 0 Å². The Morgan fingerprint density at radius 3 is 1.33 bits per heavy atom. The van der Waals surface area contributed by atoms with Gasteiger partial charge in [0.1, 0.15) is 80.6 Å². The van der Waals surface area contributed by atoms with Gasteiger partial charge in [-0.3, -0.25) is 4.68 Å². The molecule has 19 heteroatoms. The standard InChI is InChI=1S/C10H9F2N3.C10H12F2N2.C9H8F2S.C7H5F2NS.C7H3F2N.CH4/c1-6-13-10(14-15(6)2)9-7(11)4-3-5-8(9)12;1-7(13-14(2)3)10-8(11)5-4-6-9(10)12;1-6(12-2)9-7(10)4-3-5-8(9)11;8-4-2-1-3-5(9)6(4)7(10)11;8-6-2-1-3-7(9)5(6)4-10;/h3-5H,1-2H3;4-6H,1-3H3;3-5H,1H2,2H3;1-3H,(H2,10,11);1-3H;1H4/b;13-7+;;;;. The van der Waals surface area contributed by atoms with Crippen LogP contribution in [0.2, 0.25) is 0 Å². The first-order chi connectivity index (χ1) is 29.2. The largest absolute Gasteiger partial charge is 0.389 e. The Hall–Kier alpha value is -6.52. The third kappa shape index (κ3) is 16.0. The lowest BCUT2D eigenvalue weighted by Gasteiger charge is -2.08. The third-order valence-electron chi connectivity index (χ3n) is 7.61. The first kappa shape index (κ1) is 54.5. The van der Waals surface area contributed by atoms with E-state index in [0.29, 0.717) is 16.4 Å². The maximum absolute atomic E-state index is 13.3. The van der Waals surface area contributed by atoms with E-state index in [-0.39, 0.29) is 40.5 Å². The molecular weight excluding hydrogens is 881 g/mol. The zero-order chi connectivity index (χ0) is 46.8. The van der Waals surface area contributed by atoms with Gasteiger partial charge in [-0.05, 0) is 80.8 Å². The van der Waals surface area contributed by atoms with Gasteiger partial charge in [0, 0.05) is 26.0 Å². The molecule has 0 radical (unpaired) electrons. The number of thiocarbonyl (C=S) groups is 1. The number of aromatic nitrogens is 3. The minimum Gasteiger partial charge on any atom is -0.389 e. The first-order valence-corrected chi connectivity index (χ1v) is 19.0. The summed E-state index contributed by atoms with van der Waals surface area (Å²) < 4.78 is 131. The van der Waals surface area contributed by atoms with Crippen LogP contribution in [0.3, 0.4) is 0 Å². The summed E-state index contributed by atoms with van der Waals surface area (Å²) in [5, 5.41) is 17.5. The van der Waals surface area contributed by atoms with Crippen LogP contribution in [0.4, 0.5) is 43.9 Å². The molecular formula is C44H41F10N7S2. The van der Waals surface area contributed by atoms with Crippen LogP contribution in [0.1, 0.15) is 42.4 Å². The van der Waals surface area contributed by atoms with Crippen molar-refractivity contribution in [3.05, 3.63) is 184 Å². The van der Waals surface area contributed by atoms with Crippen LogP contribution in [0.5, 0.6) is 0 Å². The lowest BCUT2D eigenvalue weighted by atomic mass is 10.1. The topological polar surface area (TPSA) is 96.1 Å². The normalized spacial score (nSPS) is 10.1. The fraction of sp³-hybridized carbons (Fsp3) is 0.159. The van der Waals surface area contributed by atoms with Gasteiger partial charge in [0.25, 0.3) is 0 Å². The Bertz CT molecular complexity index is 2450. The van der Waals surface area contributed by atoms with Crippen molar-refractivity contribution in [2.75, 3.05) is 20.4 Å². The predicted octanol–water partition coefficient (Wildman–Crippen LogP) is 11.7. The summed E-state index contributed by atoms with van der Waals surface area (Å²) in [6.45, 7) is 6.84. The summed E-state index contributed by atoms with van der Waals surface area (Å²) in [4.78, 5) is 4.12. The number of rotatable bonds is 6. The SMILES string of the molecule is C.C/C(=N\N(C)C)c1c(F)cccc1F.C=C(SC)c1c(F)cccc1F.Cc1nc(-c2c(F)cccc2F)nn1C.N#Cc1c(F)cccc1F.NC(=S)c1c(F)cccc1F. The molecule has 0 unspecified atom stereocenters. The lowest BCUT2D eigenvalue weighted by molar-refractivity contribution is 0.437. The van der Waals surface area contributed by atoms with Gasteiger partial charge < -0.3 is 10.7 Å². The Kier molecular flexibility index (Phi) is 22.5. The fourth-order valence-corrected chi connectivity index (χ4v) is 5.27. The van der Waals surface area contributed by atoms with E-state index in [1.54, 1.807) is 41.2 Å². The Morgan fingerprint density at radius 2 is 1.05 bits per heavy atom. The molecule has 0 aliphatic carbocycles. The van der Waals surface area contributed by atoms with Crippen molar-refractivity contribution < 1.29 is 43.9 Å². The first-order valence-electron chi connectivity index (χ1n) is 17.4. The molecule has 1 aromatic heterocycles. The van der Waals surface area contributed by atoms with Crippen molar-refractivity contribution in [3.8, 4) is 17.5 Å². The number of thioether (sulfide) groups is 1. The van der Waals surface area contributed by atoms with Crippen LogP contribution >= 0.6 is 24.0 Å². The van der Waals surface area contributed by atoms with Crippen LogP contribution in [-0.2, 0) is 7.05 Å². The number of halogens is 10. The van der Waals surface area contributed by atoms with Crippen molar-refractivity contribution in [1.29, 1.82) is 5.26 Å². The van der Waals surface area contributed by atoms with Crippen LogP contribution in [0.25, 0.3) is 16.3 Å². The van der Waals surface area contributed by atoms with E-state index in [1.807, 2.05) is 0 Å². The molecule has 0 atom stereocenters. The number of aryl methyl sites for hydroxylation is 2. The van der Waals surface area contributed by atoms with Gasteiger partial charge in [-0.2, -0.15) is 15.5 Å². The van der Waals surface area contributed by atoms with E-state index in [4.69, 9.17) is 11.0 Å². The van der Waals surface area contributed by atoms with Crippen molar-refractivity contribution in [2.45, 2.75) is 21.3 Å². The van der Waals surface area contributed by atoms with Gasteiger partial charge in [0.15, 0.2) is 5.82 Å². The number of nitrogens with two attached hydrogens (primary N) is 1. The van der Waals surface area contributed by atoms with Gasteiger partial charge in [-0.25, -0.2) is 48.9 Å². The maximum Gasteiger partial charge on any atom is 0.187 e. The molecule has 334 valence electrons. The van der Waals surface area contributed by atoms with E-state index < -0.39 is 63.7 Å². The van der Waals surface area contributed by atoms with Crippen LogP contribution in [0.15, 0.2) is 103 Å². The molecule has 0 aliphatic heterocycles. The predicted molar refractivity (Wildman–Crippen MR) is 232 cm³/mol. The summed E-state index contributed by atoms with van der Waals surface area (Å²) in [6, 6.07) is 19.4. The zero-order valence-corrected chi connectivity index (χ0v) is 35.4. The van der Waals surface area contributed by atoms with E-state index in [9.17, 15) is 43.9 Å². The summed E-state index contributed by atoms with van der Waals surface area (Å²) in [5.74, 6) is -6.01. The summed E-state index contributed by atoms with van der Waals surface area (Å²) in [5.41, 5.74) is 4.28. The maximum atomic E-state index is 13.3. The van der Waals surface area contributed by atoms with Crippen molar-refractivity contribution >= 4 is 39.6 Å². The van der Waals surface area contributed by atoms with E-state index in [2.05, 4.69) is 34.0 Å². The fourth-order valence-electron chi connectivity index (χ4n) is 4.68. The minimum absolute atomic E-state index is 0. The Balaban J connectivity index is 0.000000395. The molecule has 7 nitrogen and oxygen atoms in total. The number of hydrazone groups is 1. The van der Waals surface area contributed by atoms with Crippen molar-refractivity contribution in [3.63, 3.8) is 0 Å². The Labute approximate surface area is 368 Å². The summed E-state index contributed by atoms with van der Waals surface area (Å²) in [6.07, 6.45) is 1.73. The number of hydrogen-bond acceptors (Lipinski definition) is 7. The second kappa shape index (κ2) is 26.1. The summed E-state index contributed by atoms with van der Waals surface area (Å²) in [7, 11) is 5.06. The molecule has 1 heterocycles. The minimum atomic E-state index is -0.817. The number of hydrogen-bond donors (Lipinski definition) is 1. The van der Waals surface area contributed by atoms with Gasteiger partial charge in [-0.1, -0.05) is 56.6 Å². The molecule has 0 spiro atoms. The van der Waals surface area contributed by atoms with E-state index >= 15 is 0 Å². The molecule has 0 fully saturated rings. The van der Waals surface area contributed by atoms with Crippen molar-refractivity contribution in [2.24, 2.45) is 17.9 Å². The number of nitriles is 1. The van der Waals surface area contributed by atoms with Gasteiger partial charge in [-0.15, -0.1) is 11.8 Å². The monoisotopic (exact) mass is 921 g/mol. The molecule has 0 amide bonds. The quantitative estimate of drug-likeness (QED) is 0.0769. The molecule has 5 aromatic carbocycles. The average Bonchev–Trinajstić information content (AvgIpc) is 3.51. The van der Waals surface area contributed by atoms with Crippen LogP contribution in [0, 0.1) is 76.4 Å². The van der Waals surface area contributed by atoms with Crippen LogP contribution in [-0.4, -0.2) is 50.8 Å². The molecule has 6 aromatic rings. The molecule has 0 bridgehead atoms.